The lowest BCUT2D eigenvalue weighted by Gasteiger charge is -2.08. The van der Waals surface area contributed by atoms with Crippen LogP contribution in [-0.4, -0.2) is 0 Å². The molecule has 0 fully saturated rings. The fraction of sp³-hybridized carbons (Fsp3) is 0.333. The molecule has 90 valence electrons. The molecule has 0 radical (unpaired) electrons. The fourth-order valence-electron chi connectivity index (χ4n) is 1.90. The van der Waals surface area contributed by atoms with E-state index in [0.29, 0.717) is 4.83 Å². The van der Waals surface area contributed by atoms with E-state index in [1.165, 1.54) is 26.4 Å². The van der Waals surface area contributed by atoms with E-state index in [9.17, 15) is 0 Å². The highest BCUT2D eigenvalue weighted by molar-refractivity contribution is 9.09. The number of alkyl halides is 1. The maximum Gasteiger partial charge on any atom is 0.0529 e. The molecule has 17 heavy (non-hydrogen) atoms. The number of hydrogen-bond acceptors (Lipinski definition) is 1. The summed E-state index contributed by atoms with van der Waals surface area (Å²) in [6, 6.07) is 11.0. The average molecular weight is 309 g/mol. The molecule has 0 aliphatic carbocycles. The Bertz CT molecular complexity index is 494. The predicted octanol–water partition coefficient (Wildman–Crippen LogP) is 5.35. The van der Waals surface area contributed by atoms with Crippen molar-refractivity contribution in [2.45, 2.75) is 32.0 Å². The van der Waals surface area contributed by atoms with Gasteiger partial charge in [-0.05, 0) is 44.4 Å². The number of hydrogen-bond donors (Lipinski definition) is 0. The zero-order chi connectivity index (χ0) is 12.4. The lowest BCUT2D eigenvalue weighted by Crippen LogP contribution is -1.93. The summed E-state index contributed by atoms with van der Waals surface area (Å²) in [5, 5.41) is 0. The van der Waals surface area contributed by atoms with E-state index in [-0.39, 0.29) is 0 Å². The van der Waals surface area contributed by atoms with Crippen molar-refractivity contribution in [3.05, 3.63) is 56.8 Å². The highest BCUT2D eigenvalue weighted by Crippen LogP contribution is 2.34. The molecular formula is C15H17BrS. The van der Waals surface area contributed by atoms with Crippen molar-refractivity contribution in [3.63, 3.8) is 0 Å². The van der Waals surface area contributed by atoms with Crippen molar-refractivity contribution in [2.24, 2.45) is 0 Å². The summed E-state index contributed by atoms with van der Waals surface area (Å²) in [6.07, 6.45) is 1.06. The Morgan fingerprint density at radius 1 is 1.18 bits per heavy atom. The number of aryl methyl sites for hydroxylation is 3. The molecule has 0 spiro atoms. The molecule has 0 saturated carbocycles. The Morgan fingerprint density at radius 2 is 1.94 bits per heavy atom. The molecule has 0 nitrogen and oxygen atoms in total. The monoisotopic (exact) mass is 308 g/mol. The average Bonchev–Trinajstić information content (AvgIpc) is 2.59. The van der Waals surface area contributed by atoms with Crippen molar-refractivity contribution in [1.82, 2.24) is 0 Å². The summed E-state index contributed by atoms with van der Waals surface area (Å²) in [6.45, 7) is 6.52. The smallest absolute Gasteiger partial charge is 0.0529 e. The van der Waals surface area contributed by atoms with Gasteiger partial charge < -0.3 is 0 Å². The molecule has 0 saturated heterocycles. The van der Waals surface area contributed by atoms with Crippen molar-refractivity contribution < 1.29 is 0 Å². The van der Waals surface area contributed by atoms with E-state index in [1.807, 2.05) is 11.3 Å². The molecule has 2 rings (SSSR count). The van der Waals surface area contributed by atoms with Crippen LogP contribution < -0.4 is 0 Å². The summed E-state index contributed by atoms with van der Waals surface area (Å²) in [5.41, 5.74) is 4.13. The normalized spacial score (nSPS) is 12.7. The first-order chi connectivity index (χ1) is 8.06. The van der Waals surface area contributed by atoms with Crippen LogP contribution in [0.1, 0.15) is 31.3 Å². The van der Waals surface area contributed by atoms with Crippen LogP contribution in [0.4, 0.5) is 0 Å². The van der Waals surface area contributed by atoms with Crippen molar-refractivity contribution >= 4 is 27.3 Å². The fourth-order valence-corrected chi connectivity index (χ4v) is 3.71. The van der Waals surface area contributed by atoms with Gasteiger partial charge in [0.2, 0.25) is 0 Å². The molecule has 1 unspecified atom stereocenters. The summed E-state index contributed by atoms with van der Waals surface area (Å²) in [4.78, 5) is 3.29. The first-order valence-corrected chi connectivity index (χ1v) is 7.56. The SMILES string of the molecule is Cc1cccc(CC(Br)c2cc(C)c(C)s2)c1. The molecule has 0 amide bonds. The highest BCUT2D eigenvalue weighted by Gasteiger charge is 2.12. The third-order valence-electron chi connectivity index (χ3n) is 2.99. The molecule has 2 heteroatoms. The van der Waals surface area contributed by atoms with Gasteiger partial charge in [0.25, 0.3) is 0 Å². The molecule has 0 N–H and O–H groups in total. The Labute approximate surface area is 116 Å². The van der Waals surface area contributed by atoms with Crippen molar-refractivity contribution in [1.29, 1.82) is 0 Å². The number of rotatable bonds is 3. The zero-order valence-electron chi connectivity index (χ0n) is 10.5. The molecule has 1 heterocycles. The second-order valence-corrected chi connectivity index (χ2v) is 6.94. The molecular weight excluding hydrogens is 292 g/mol. The summed E-state index contributed by atoms with van der Waals surface area (Å²) < 4.78 is 0. The summed E-state index contributed by atoms with van der Waals surface area (Å²) in [7, 11) is 0. The number of benzene rings is 1. The van der Waals surface area contributed by atoms with E-state index >= 15 is 0 Å². The predicted molar refractivity (Wildman–Crippen MR) is 80.3 cm³/mol. The van der Waals surface area contributed by atoms with Gasteiger partial charge in [-0.1, -0.05) is 45.8 Å². The van der Waals surface area contributed by atoms with Crippen LogP contribution in [0.3, 0.4) is 0 Å². The first-order valence-electron chi connectivity index (χ1n) is 5.83. The maximum atomic E-state index is 3.81. The second-order valence-electron chi connectivity index (χ2n) is 4.55. The minimum Gasteiger partial charge on any atom is -0.144 e. The van der Waals surface area contributed by atoms with Gasteiger partial charge in [-0.15, -0.1) is 11.3 Å². The lowest BCUT2D eigenvalue weighted by molar-refractivity contribution is 0.966. The van der Waals surface area contributed by atoms with Crippen LogP contribution >= 0.6 is 27.3 Å². The Morgan fingerprint density at radius 3 is 2.53 bits per heavy atom. The van der Waals surface area contributed by atoms with E-state index in [1.54, 1.807) is 0 Å². The minimum absolute atomic E-state index is 0.432. The van der Waals surface area contributed by atoms with Gasteiger partial charge in [0.15, 0.2) is 0 Å². The zero-order valence-corrected chi connectivity index (χ0v) is 12.9. The van der Waals surface area contributed by atoms with Gasteiger partial charge in [-0.25, -0.2) is 0 Å². The second kappa shape index (κ2) is 5.36. The van der Waals surface area contributed by atoms with Crippen LogP contribution in [0.15, 0.2) is 30.3 Å². The van der Waals surface area contributed by atoms with Crippen LogP contribution in [0, 0.1) is 20.8 Å². The van der Waals surface area contributed by atoms with E-state index in [2.05, 4.69) is 67.0 Å². The number of halogens is 1. The molecule has 1 aromatic heterocycles. The molecule has 2 aromatic rings. The molecule has 0 bridgehead atoms. The van der Waals surface area contributed by atoms with Gasteiger partial charge >= 0.3 is 0 Å². The maximum absolute atomic E-state index is 3.81. The van der Waals surface area contributed by atoms with Crippen LogP contribution in [0.25, 0.3) is 0 Å². The Kier molecular flexibility index (Phi) is 4.05. The summed E-state index contributed by atoms with van der Waals surface area (Å²) in [5.74, 6) is 0. The van der Waals surface area contributed by atoms with Gasteiger partial charge in [0.1, 0.15) is 0 Å². The third-order valence-corrected chi connectivity index (χ3v) is 5.38. The third kappa shape index (κ3) is 3.20. The van der Waals surface area contributed by atoms with E-state index in [0.717, 1.165) is 6.42 Å². The topological polar surface area (TPSA) is 0 Å². The molecule has 0 aliphatic rings. The number of thiophene rings is 1. The Hall–Kier alpha value is -0.600. The van der Waals surface area contributed by atoms with Crippen molar-refractivity contribution in [3.8, 4) is 0 Å². The highest BCUT2D eigenvalue weighted by atomic mass is 79.9. The standard InChI is InChI=1S/C15H17BrS/c1-10-5-4-6-13(7-10)9-14(16)15-8-11(2)12(3)17-15/h4-8,14H,9H2,1-3H3. The van der Waals surface area contributed by atoms with Crippen molar-refractivity contribution in [2.75, 3.05) is 0 Å². The van der Waals surface area contributed by atoms with Crippen LogP contribution in [-0.2, 0) is 6.42 Å². The van der Waals surface area contributed by atoms with E-state index in [4.69, 9.17) is 0 Å². The van der Waals surface area contributed by atoms with Gasteiger partial charge in [-0.2, -0.15) is 0 Å². The first kappa shape index (κ1) is 12.8. The Balaban J connectivity index is 2.14. The molecule has 0 aliphatic heterocycles. The van der Waals surface area contributed by atoms with Crippen LogP contribution in [0.2, 0.25) is 0 Å². The minimum atomic E-state index is 0.432. The van der Waals surface area contributed by atoms with Crippen LogP contribution in [0.5, 0.6) is 0 Å². The molecule has 1 aromatic carbocycles. The van der Waals surface area contributed by atoms with Gasteiger partial charge in [-0.3, -0.25) is 0 Å². The quantitative estimate of drug-likeness (QED) is 0.670. The van der Waals surface area contributed by atoms with Gasteiger partial charge in [0.05, 0.1) is 4.83 Å². The van der Waals surface area contributed by atoms with Gasteiger partial charge in [0, 0.05) is 9.75 Å². The summed E-state index contributed by atoms with van der Waals surface area (Å²) >= 11 is 5.70. The van der Waals surface area contributed by atoms with E-state index < -0.39 is 0 Å². The lowest BCUT2D eigenvalue weighted by atomic mass is 10.1. The molecule has 1 atom stereocenters. The largest absolute Gasteiger partial charge is 0.144 e.